The Labute approximate surface area is 177 Å². The van der Waals surface area contributed by atoms with E-state index in [-0.39, 0.29) is 11.9 Å². The van der Waals surface area contributed by atoms with Crippen LogP contribution in [0, 0.1) is 0 Å². The molecule has 1 saturated carbocycles. The van der Waals surface area contributed by atoms with Crippen molar-refractivity contribution in [3.63, 3.8) is 0 Å². The van der Waals surface area contributed by atoms with Gasteiger partial charge in [0, 0.05) is 32.7 Å². The number of benzene rings is 1. The van der Waals surface area contributed by atoms with Gasteiger partial charge >= 0.3 is 6.03 Å². The third kappa shape index (κ3) is 4.84. The van der Waals surface area contributed by atoms with E-state index < -0.39 is 5.54 Å². The van der Waals surface area contributed by atoms with Gasteiger partial charge in [0.2, 0.25) is 5.91 Å². The molecule has 7 nitrogen and oxygen atoms in total. The molecule has 1 aliphatic carbocycles. The predicted molar refractivity (Wildman–Crippen MR) is 114 cm³/mol. The number of hydrogen-bond acceptors (Lipinski definition) is 4. The zero-order valence-electron chi connectivity index (χ0n) is 17.3. The van der Waals surface area contributed by atoms with Crippen molar-refractivity contribution in [1.29, 1.82) is 0 Å². The van der Waals surface area contributed by atoms with Crippen LogP contribution in [0.1, 0.15) is 37.0 Å². The van der Waals surface area contributed by atoms with E-state index in [9.17, 15) is 9.59 Å². The minimum atomic E-state index is -0.774. The molecule has 30 heavy (non-hydrogen) atoms. The van der Waals surface area contributed by atoms with Crippen molar-refractivity contribution in [1.82, 2.24) is 20.4 Å². The van der Waals surface area contributed by atoms with Gasteiger partial charge in [-0.2, -0.15) is 0 Å². The fraction of sp³-hybridized carbons (Fsp3) is 0.478. The van der Waals surface area contributed by atoms with E-state index in [2.05, 4.69) is 15.5 Å². The van der Waals surface area contributed by atoms with Gasteiger partial charge in [-0.15, -0.1) is 0 Å². The summed E-state index contributed by atoms with van der Waals surface area (Å²) in [5, 5.41) is 5.94. The molecule has 0 spiro atoms. The maximum atomic E-state index is 13.4. The molecule has 2 aromatic rings. The van der Waals surface area contributed by atoms with Gasteiger partial charge in [0.25, 0.3) is 0 Å². The topological polar surface area (TPSA) is 77.8 Å². The smallest absolute Gasteiger partial charge is 0.315 e. The highest BCUT2D eigenvalue weighted by molar-refractivity contribution is 5.91. The number of urea groups is 1. The molecule has 2 aliphatic rings. The third-order valence-electron chi connectivity index (χ3n) is 6.13. The van der Waals surface area contributed by atoms with Crippen molar-refractivity contribution in [3.8, 4) is 0 Å². The fourth-order valence-corrected chi connectivity index (χ4v) is 4.45. The van der Waals surface area contributed by atoms with Crippen molar-refractivity contribution < 1.29 is 14.0 Å². The van der Waals surface area contributed by atoms with Crippen LogP contribution in [-0.4, -0.2) is 53.5 Å². The summed E-state index contributed by atoms with van der Waals surface area (Å²) in [7, 11) is 0. The van der Waals surface area contributed by atoms with E-state index in [0.29, 0.717) is 32.5 Å². The average molecular weight is 411 g/mol. The first-order valence-electron chi connectivity index (χ1n) is 10.8. The lowest BCUT2D eigenvalue weighted by Gasteiger charge is -2.39. The van der Waals surface area contributed by atoms with Gasteiger partial charge < -0.3 is 20.0 Å². The number of carbonyl (C=O) groups is 2. The van der Waals surface area contributed by atoms with Crippen LogP contribution in [0.25, 0.3) is 0 Å². The van der Waals surface area contributed by atoms with Crippen LogP contribution < -0.4 is 10.6 Å². The molecule has 2 N–H and O–H groups in total. The van der Waals surface area contributed by atoms with Crippen molar-refractivity contribution in [2.24, 2.45) is 0 Å². The predicted octanol–water partition coefficient (Wildman–Crippen LogP) is 2.74. The van der Waals surface area contributed by atoms with Gasteiger partial charge in [-0.05, 0) is 30.5 Å². The zero-order valence-corrected chi connectivity index (χ0v) is 17.3. The lowest BCUT2D eigenvalue weighted by Crippen LogP contribution is -2.62. The standard InChI is InChI=1S/C23H30N4O3/c28-21(27-14-12-26(13-15-27)18-20-9-6-16-30-20)23(10-4-5-11-23)25-22(29)24-17-19-7-2-1-3-8-19/h1-3,6-9,16H,4-5,10-15,17-18H2,(H2,24,25,29). The highest BCUT2D eigenvalue weighted by atomic mass is 16.3. The largest absolute Gasteiger partial charge is 0.468 e. The highest BCUT2D eigenvalue weighted by Gasteiger charge is 2.45. The molecule has 0 bridgehead atoms. The molecule has 0 atom stereocenters. The maximum Gasteiger partial charge on any atom is 0.315 e. The fourth-order valence-electron chi connectivity index (χ4n) is 4.45. The number of rotatable bonds is 6. The van der Waals surface area contributed by atoms with Crippen LogP contribution in [-0.2, 0) is 17.9 Å². The first-order valence-corrected chi connectivity index (χ1v) is 10.8. The lowest BCUT2D eigenvalue weighted by molar-refractivity contribution is -0.139. The summed E-state index contributed by atoms with van der Waals surface area (Å²) in [6.07, 6.45) is 5.02. The Bertz CT molecular complexity index is 823. The van der Waals surface area contributed by atoms with Crippen LogP contribution in [0.15, 0.2) is 53.1 Å². The lowest BCUT2D eigenvalue weighted by atomic mass is 9.95. The Morgan fingerprint density at radius 3 is 2.37 bits per heavy atom. The van der Waals surface area contributed by atoms with Crippen molar-refractivity contribution in [3.05, 3.63) is 60.1 Å². The Balaban J connectivity index is 1.31. The Morgan fingerprint density at radius 1 is 0.967 bits per heavy atom. The number of amides is 3. The molecule has 0 radical (unpaired) electrons. The second-order valence-corrected chi connectivity index (χ2v) is 8.23. The Kier molecular flexibility index (Phi) is 6.38. The summed E-state index contributed by atoms with van der Waals surface area (Å²) < 4.78 is 5.43. The van der Waals surface area contributed by atoms with Crippen molar-refractivity contribution in [2.75, 3.05) is 26.2 Å². The van der Waals surface area contributed by atoms with Crippen molar-refractivity contribution in [2.45, 2.75) is 44.3 Å². The molecule has 7 heteroatoms. The molecule has 1 aromatic heterocycles. The molecular formula is C23H30N4O3. The minimum absolute atomic E-state index is 0.0625. The number of carbonyl (C=O) groups excluding carboxylic acids is 2. The number of piperazine rings is 1. The number of hydrogen-bond donors (Lipinski definition) is 2. The summed E-state index contributed by atoms with van der Waals surface area (Å²) in [4.78, 5) is 30.2. The van der Waals surface area contributed by atoms with Crippen LogP contribution in [0.2, 0.25) is 0 Å². The minimum Gasteiger partial charge on any atom is -0.468 e. The number of nitrogens with zero attached hydrogens (tertiary/aromatic N) is 2. The van der Waals surface area contributed by atoms with Gasteiger partial charge in [0.05, 0.1) is 12.8 Å². The zero-order chi connectivity index (χ0) is 20.8. The average Bonchev–Trinajstić information content (AvgIpc) is 3.46. The quantitative estimate of drug-likeness (QED) is 0.768. The van der Waals surface area contributed by atoms with E-state index in [4.69, 9.17) is 4.42 Å². The highest BCUT2D eigenvalue weighted by Crippen LogP contribution is 2.32. The summed E-state index contributed by atoms with van der Waals surface area (Å²) in [6.45, 7) is 4.18. The van der Waals surface area contributed by atoms with Gasteiger partial charge in [-0.1, -0.05) is 43.2 Å². The SMILES string of the molecule is O=C(NCc1ccccc1)NC1(C(=O)N2CCN(Cc3ccco3)CC2)CCCC1. The third-order valence-corrected chi connectivity index (χ3v) is 6.13. The van der Waals surface area contributed by atoms with Crippen LogP contribution in [0.5, 0.6) is 0 Å². The maximum absolute atomic E-state index is 13.4. The summed E-state index contributed by atoms with van der Waals surface area (Å²) in [5.41, 5.74) is 0.261. The Hall–Kier alpha value is -2.80. The van der Waals surface area contributed by atoms with Gasteiger partial charge in [0.15, 0.2) is 0 Å². The monoisotopic (exact) mass is 410 g/mol. The summed E-state index contributed by atoms with van der Waals surface area (Å²) in [5.74, 6) is 1.01. The second kappa shape index (κ2) is 9.34. The molecular weight excluding hydrogens is 380 g/mol. The normalized spacial score (nSPS) is 18.9. The molecule has 3 amide bonds. The summed E-state index contributed by atoms with van der Waals surface area (Å²) >= 11 is 0. The van der Waals surface area contributed by atoms with Crippen LogP contribution >= 0.6 is 0 Å². The Morgan fingerprint density at radius 2 is 1.70 bits per heavy atom. The molecule has 2 fully saturated rings. The molecule has 160 valence electrons. The van der Waals surface area contributed by atoms with E-state index in [1.807, 2.05) is 47.4 Å². The van der Waals surface area contributed by atoms with Crippen LogP contribution in [0.3, 0.4) is 0 Å². The summed E-state index contributed by atoms with van der Waals surface area (Å²) in [6, 6.07) is 13.4. The molecule has 1 aliphatic heterocycles. The first-order chi connectivity index (χ1) is 14.6. The van der Waals surface area contributed by atoms with Gasteiger partial charge in [0.1, 0.15) is 11.3 Å². The molecule has 4 rings (SSSR count). The molecule has 1 aromatic carbocycles. The van der Waals surface area contributed by atoms with Crippen LogP contribution in [0.4, 0.5) is 4.79 Å². The van der Waals surface area contributed by atoms with E-state index in [1.54, 1.807) is 6.26 Å². The van der Waals surface area contributed by atoms with Gasteiger partial charge in [-0.25, -0.2) is 4.79 Å². The number of nitrogens with one attached hydrogen (secondary N) is 2. The second-order valence-electron chi connectivity index (χ2n) is 8.23. The van der Waals surface area contributed by atoms with Crippen molar-refractivity contribution >= 4 is 11.9 Å². The molecule has 1 saturated heterocycles. The molecule has 0 unspecified atom stereocenters. The molecule has 2 heterocycles. The van der Waals surface area contributed by atoms with E-state index in [1.165, 1.54) is 0 Å². The number of furan rings is 1. The first kappa shape index (κ1) is 20.5. The van der Waals surface area contributed by atoms with Gasteiger partial charge in [-0.3, -0.25) is 9.69 Å². The van der Waals surface area contributed by atoms with E-state index in [0.717, 1.165) is 43.8 Å². The van der Waals surface area contributed by atoms with E-state index >= 15 is 0 Å².